The Hall–Kier alpha value is -1.18. The SMILES string of the molecule is Nc1c(F)cccc1S(=O)(=O)NC1CCN2CCCC12. The van der Waals surface area contributed by atoms with Crippen LogP contribution in [0.15, 0.2) is 23.1 Å². The summed E-state index contributed by atoms with van der Waals surface area (Å²) >= 11 is 0. The van der Waals surface area contributed by atoms with Gasteiger partial charge in [-0.05, 0) is 37.9 Å². The fraction of sp³-hybridized carbons (Fsp3) is 0.538. The number of anilines is 1. The molecule has 3 rings (SSSR count). The molecule has 0 spiro atoms. The van der Waals surface area contributed by atoms with Crippen LogP contribution < -0.4 is 10.5 Å². The summed E-state index contributed by atoms with van der Waals surface area (Å²) in [5.41, 5.74) is 5.23. The lowest BCUT2D eigenvalue weighted by molar-refractivity contribution is 0.309. The molecule has 1 aromatic rings. The Labute approximate surface area is 118 Å². The molecule has 2 aliphatic heterocycles. The number of rotatable bonds is 3. The molecule has 2 heterocycles. The van der Waals surface area contributed by atoms with Crippen molar-refractivity contribution in [3.8, 4) is 0 Å². The molecule has 1 aromatic carbocycles. The lowest BCUT2D eigenvalue weighted by Gasteiger charge is -2.21. The first-order valence-corrected chi connectivity index (χ1v) is 8.28. The third kappa shape index (κ3) is 2.30. The second kappa shape index (κ2) is 4.98. The summed E-state index contributed by atoms with van der Waals surface area (Å²) in [6.07, 6.45) is 2.90. The predicted octanol–water partition coefficient (Wildman–Crippen LogP) is 0.923. The summed E-state index contributed by atoms with van der Waals surface area (Å²) in [5.74, 6) is -0.707. The fourth-order valence-electron chi connectivity index (χ4n) is 3.23. The number of nitrogen functional groups attached to an aromatic ring is 1. The lowest BCUT2D eigenvalue weighted by atomic mass is 10.1. The Balaban J connectivity index is 1.84. The summed E-state index contributed by atoms with van der Waals surface area (Å²) in [4.78, 5) is 2.14. The van der Waals surface area contributed by atoms with Crippen LogP contribution >= 0.6 is 0 Å². The first kappa shape index (κ1) is 13.8. The highest BCUT2D eigenvalue weighted by molar-refractivity contribution is 7.89. The zero-order valence-corrected chi connectivity index (χ0v) is 11.9. The maximum absolute atomic E-state index is 13.4. The summed E-state index contributed by atoms with van der Waals surface area (Å²) in [6.45, 7) is 1.95. The van der Waals surface area contributed by atoms with Crippen LogP contribution in [0.5, 0.6) is 0 Å². The molecule has 5 nitrogen and oxygen atoms in total. The molecule has 0 aromatic heterocycles. The van der Waals surface area contributed by atoms with Crippen LogP contribution in [0.3, 0.4) is 0 Å². The predicted molar refractivity (Wildman–Crippen MR) is 74.1 cm³/mol. The smallest absolute Gasteiger partial charge is 0.243 e. The van der Waals surface area contributed by atoms with E-state index in [0.29, 0.717) is 0 Å². The number of para-hydroxylation sites is 1. The van der Waals surface area contributed by atoms with Gasteiger partial charge in [-0.3, -0.25) is 4.90 Å². The molecule has 2 atom stereocenters. The molecule has 0 aliphatic carbocycles. The Bertz CT molecular complexity index is 620. The number of benzene rings is 1. The number of sulfonamides is 1. The van der Waals surface area contributed by atoms with Crippen LogP contribution in [-0.2, 0) is 10.0 Å². The third-order valence-electron chi connectivity index (χ3n) is 4.21. The third-order valence-corrected chi connectivity index (χ3v) is 5.76. The van der Waals surface area contributed by atoms with Crippen molar-refractivity contribution in [2.24, 2.45) is 0 Å². The van der Waals surface area contributed by atoms with E-state index in [9.17, 15) is 12.8 Å². The zero-order valence-electron chi connectivity index (χ0n) is 11.0. The van der Waals surface area contributed by atoms with Crippen LogP contribution in [0, 0.1) is 5.82 Å². The average Bonchev–Trinajstić information content (AvgIpc) is 2.97. The quantitative estimate of drug-likeness (QED) is 0.814. The Morgan fingerprint density at radius 3 is 2.90 bits per heavy atom. The molecule has 0 radical (unpaired) electrons. The van der Waals surface area contributed by atoms with Gasteiger partial charge in [-0.2, -0.15) is 0 Å². The van der Waals surface area contributed by atoms with Crippen molar-refractivity contribution < 1.29 is 12.8 Å². The fourth-order valence-corrected chi connectivity index (χ4v) is 4.68. The van der Waals surface area contributed by atoms with Crippen molar-refractivity contribution in [3.05, 3.63) is 24.0 Å². The van der Waals surface area contributed by atoms with E-state index in [0.717, 1.165) is 38.4 Å². The highest BCUT2D eigenvalue weighted by Gasteiger charge is 2.39. The molecule has 20 heavy (non-hydrogen) atoms. The highest BCUT2D eigenvalue weighted by atomic mass is 32.2. The van der Waals surface area contributed by atoms with Crippen molar-refractivity contribution >= 4 is 15.7 Å². The molecule has 2 fully saturated rings. The first-order valence-electron chi connectivity index (χ1n) is 6.79. The van der Waals surface area contributed by atoms with Gasteiger partial charge in [0, 0.05) is 18.6 Å². The van der Waals surface area contributed by atoms with Crippen LogP contribution in [0.2, 0.25) is 0 Å². The number of hydrogen-bond acceptors (Lipinski definition) is 4. The lowest BCUT2D eigenvalue weighted by Crippen LogP contribution is -2.42. The molecule has 2 unspecified atom stereocenters. The van der Waals surface area contributed by atoms with E-state index in [1.165, 1.54) is 12.1 Å². The van der Waals surface area contributed by atoms with Crippen LogP contribution in [0.25, 0.3) is 0 Å². The van der Waals surface area contributed by atoms with Gasteiger partial charge in [0.1, 0.15) is 10.7 Å². The van der Waals surface area contributed by atoms with Gasteiger partial charge < -0.3 is 5.73 Å². The van der Waals surface area contributed by atoms with Crippen molar-refractivity contribution in [3.63, 3.8) is 0 Å². The molecule has 110 valence electrons. The molecular formula is C13H18FN3O2S. The van der Waals surface area contributed by atoms with Gasteiger partial charge in [-0.25, -0.2) is 17.5 Å². The molecule has 2 aliphatic rings. The van der Waals surface area contributed by atoms with Gasteiger partial charge in [0.25, 0.3) is 0 Å². The second-order valence-corrected chi connectivity index (χ2v) is 7.10. The normalized spacial score (nSPS) is 26.9. The Kier molecular flexibility index (Phi) is 3.43. The van der Waals surface area contributed by atoms with Crippen LogP contribution in [-0.4, -0.2) is 38.5 Å². The van der Waals surface area contributed by atoms with E-state index in [2.05, 4.69) is 9.62 Å². The maximum atomic E-state index is 13.4. The van der Waals surface area contributed by atoms with Crippen molar-refractivity contribution in [2.45, 2.75) is 36.2 Å². The first-order chi connectivity index (χ1) is 9.49. The Morgan fingerprint density at radius 1 is 1.30 bits per heavy atom. The molecule has 3 N–H and O–H groups in total. The Morgan fingerprint density at radius 2 is 2.10 bits per heavy atom. The minimum atomic E-state index is -3.78. The van der Waals surface area contributed by atoms with E-state index in [-0.39, 0.29) is 22.7 Å². The second-order valence-electron chi connectivity index (χ2n) is 5.41. The average molecular weight is 299 g/mol. The summed E-state index contributed by atoms with van der Waals surface area (Å²) < 4.78 is 40.9. The van der Waals surface area contributed by atoms with Gasteiger partial charge in [0.05, 0.1) is 5.69 Å². The van der Waals surface area contributed by atoms with E-state index in [4.69, 9.17) is 5.73 Å². The minimum absolute atomic E-state index is 0.106. The van der Waals surface area contributed by atoms with E-state index in [1.54, 1.807) is 0 Å². The largest absolute Gasteiger partial charge is 0.395 e. The minimum Gasteiger partial charge on any atom is -0.395 e. The van der Waals surface area contributed by atoms with Gasteiger partial charge in [-0.15, -0.1) is 0 Å². The molecule has 0 saturated carbocycles. The van der Waals surface area contributed by atoms with Crippen molar-refractivity contribution in [1.82, 2.24) is 9.62 Å². The van der Waals surface area contributed by atoms with Gasteiger partial charge in [0.15, 0.2) is 0 Å². The highest BCUT2D eigenvalue weighted by Crippen LogP contribution is 2.29. The monoisotopic (exact) mass is 299 g/mol. The standard InChI is InChI=1S/C13H18FN3O2S/c14-9-3-1-5-12(13(9)15)20(18,19)16-10-6-8-17-7-2-4-11(10)17/h1,3,5,10-11,16H,2,4,6-8,15H2. The molecule has 0 amide bonds. The van der Waals surface area contributed by atoms with Gasteiger partial charge >= 0.3 is 0 Å². The molecule has 2 saturated heterocycles. The van der Waals surface area contributed by atoms with E-state index >= 15 is 0 Å². The maximum Gasteiger partial charge on any atom is 0.243 e. The molecule has 0 bridgehead atoms. The number of hydrogen-bond donors (Lipinski definition) is 2. The number of nitrogens with two attached hydrogens (primary N) is 1. The topological polar surface area (TPSA) is 75.4 Å². The van der Waals surface area contributed by atoms with E-state index < -0.39 is 15.8 Å². The van der Waals surface area contributed by atoms with E-state index in [1.807, 2.05) is 0 Å². The zero-order chi connectivity index (χ0) is 14.3. The van der Waals surface area contributed by atoms with Gasteiger partial charge in [0.2, 0.25) is 10.0 Å². The summed E-state index contributed by atoms with van der Waals surface area (Å²) in [6, 6.07) is 4.01. The molecular weight excluding hydrogens is 281 g/mol. The van der Waals surface area contributed by atoms with Crippen LogP contribution in [0.4, 0.5) is 10.1 Å². The number of nitrogens with zero attached hydrogens (tertiary/aromatic N) is 1. The summed E-state index contributed by atoms with van der Waals surface area (Å²) in [5, 5.41) is 0. The van der Waals surface area contributed by atoms with Crippen molar-refractivity contribution in [1.29, 1.82) is 0 Å². The van der Waals surface area contributed by atoms with Crippen LogP contribution in [0.1, 0.15) is 19.3 Å². The number of fused-ring (bicyclic) bond motifs is 1. The number of halogens is 1. The molecule has 7 heteroatoms. The number of nitrogens with one attached hydrogen (secondary N) is 1. The van der Waals surface area contributed by atoms with Gasteiger partial charge in [-0.1, -0.05) is 6.07 Å². The van der Waals surface area contributed by atoms with Crippen molar-refractivity contribution in [2.75, 3.05) is 18.8 Å². The summed E-state index contributed by atoms with van der Waals surface area (Å²) in [7, 11) is -3.78.